The molecule has 4 rings (SSSR count). The van der Waals surface area contributed by atoms with Gasteiger partial charge in [-0.05, 0) is 61.0 Å². The van der Waals surface area contributed by atoms with Gasteiger partial charge in [0.05, 0.1) is 11.6 Å². The zero-order valence-electron chi connectivity index (χ0n) is 16.4. The Balaban J connectivity index is 1.63. The molecule has 0 saturated heterocycles. The summed E-state index contributed by atoms with van der Waals surface area (Å²) >= 11 is 0. The number of halogens is 4. The van der Waals surface area contributed by atoms with Crippen molar-refractivity contribution in [3.8, 4) is 11.3 Å². The van der Waals surface area contributed by atoms with Crippen molar-refractivity contribution in [2.45, 2.75) is 19.4 Å². The number of aromatic amines is 1. The van der Waals surface area contributed by atoms with Gasteiger partial charge in [-0.2, -0.15) is 0 Å². The zero-order valence-corrected chi connectivity index (χ0v) is 16.4. The molecule has 158 valence electrons. The first-order chi connectivity index (χ1) is 14.8. The van der Waals surface area contributed by atoms with Gasteiger partial charge in [-0.15, -0.1) is 0 Å². The fourth-order valence-corrected chi connectivity index (χ4v) is 3.52. The Kier molecular flexibility index (Phi) is 5.50. The molecular weight excluding hydrogens is 408 g/mol. The van der Waals surface area contributed by atoms with E-state index in [0.717, 1.165) is 23.8 Å². The van der Waals surface area contributed by atoms with Crippen molar-refractivity contribution in [3.63, 3.8) is 0 Å². The Bertz CT molecular complexity index is 1270. The van der Waals surface area contributed by atoms with Crippen LogP contribution in [0.15, 0.2) is 66.7 Å². The molecule has 0 aliphatic carbocycles. The molecule has 2 N–H and O–H groups in total. The number of rotatable bonds is 5. The van der Waals surface area contributed by atoms with E-state index in [4.69, 9.17) is 0 Å². The van der Waals surface area contributed by atoms with E-state index >= 15 is 0 Å². The highest BCUT2D eigenvalue weighted by atomic mass is 19.3. The molecule has 1 atom stereocenters. The van der Waals surface area contributed by atoms with Gasteiger partial charge in [0.1, 0.15) is 11.6 Å². The molecule has 31 heavy (non-hydrogen) atoms. The van der Waals surface area contributed by atoms with Crippen LogP contribution in [-0.4, -0.2) is 10.9 Å². The molecule has 0 spiro atoms. The van der Waals surface area contributed by atoms with Crippen LogP contribution in [0.3, 0.4) is 0 Å². The minimum absolute atomic E-state index is 0.0509. The second-order valence-corrected chi connectivity index (χ2v) is 7.24. The minimum atomic E-state index is -2.74. The number of fused-ring (bicyclic) bond motifs is 1. The summed E-state index contributed by atoms with van der Waals surface area (Å²) in [5, 5.41) is 3.46. The fourth-order valence-electron chi connectivity index (χ4n) is 3.52. The van der Waals surface area contributed by atoms with Crippen molar-refractivity contribution < 1.29 is 22.4 Å². The Morgan fingerprint density at radius 3 is 2.48 bits per heavy atom. The van der Waals surface area contributed by atoms with E-state index in [1.807, 2.05) is 0 Å². The molecule has 0 fully saturated rings. The van der Waals surface area contributed by atoms with Crippen molar-refractivity contribution in [1.29, 1.82) is 0 Å². The topological polar surface area (TPSA) is 44.9 Å². The van der Waals surface area contributed by atoms with Crippen molar-refractivity contribution in [2.24, 2.45) is 0 Å². The maximum Gasteiger partial charge on any atom is 0.264 e. The summed E-state index contributed by atoms with van der Waals surface area (Å²) in [6.45, 7) is 1.76. The lowest BCUT2D eigenvalue weighted by atomic mass is 10.0. The van der Waals surface area contributed by atoms with Crippen LogP contribution in [0.5, 0.6) is 0 Å². The van der Waals surface area contributed by atoms with Gasteiger partial charge >= 0.3 is 0 Å². The van der Waals surface area contributed by atoms with E-state index < -0.39 is 30.0 Å². The molecule has 0 bridgehead atoms. The second kappa shape index (κ2) is 8.26. The molecule has 1 heterocycles. The van der Waals surface area contributed by atoms with Gasteiger partial charge in [-0.1, -0.05) is 18.2 Å². The molecule has 0 saturated carbocycles. The predicted octanol–water partition coefficient (Wildman–Crippen LogP) is 6.54. The molecular formula is C24H18F4N2O. The lowest BCUT2D eigenvalue weighted by Gasteiger charge is -2.15. The molecule has 0 radical (unpaired) electrons. The van der Waals surface area contributed by atoms with E-state index in [-0.39, 0.29) is 16.7 Å². The summed E-state index contributed by atoms with van der Waals surface area (Å²) in [5.74, 6) is -1.76. The zero-order chi connectivity index (χ0) is 22.1. The number of benzene rings is 3. The van der Waals surface area contributed by atoms with Gasteiger partial charge in [0.15, 0.2) is 0 Å². The number of hydrogen-bond acceptors (Lipinski definition) is 1. The third-order valence-electron chi connectivity index (χ3n) is 5.15. The summed E-state index contributed by atoms with van der Waals surface area (Å²) in [6.07, 6.45) is -2.74. The molecule has 3 nitrogen and oxygen atoms in total. The molecule has 1 aromatic heterocycles. The maximum absolute atomic E-state index is 13.8. The number of nitrogens with one attached hydrogen (secondary N) is 2. The Morgan fingerprint density at radius 1 is 0.968 bits per heavy atom. The first kappa shape index (κ1) is 20.7. The number of carbonyl (C=O) groups excluding carboxylic acids is 1. The highest BCUT2D eigenvalue weighted by molar-refractivity contribution is 5.95. The third kappa shape index (κ3) is 4.17. The van der Waals surface area contributed by atoms with E-state index in [2.05, 4.69) is 10.3 Å². The van der Waals surface area contributed by atoms with Crippen molar-refractivity contribution in [3.05, 3.63) is 95.1 Å². The fraction of sp³-hybridized carbons (Fsp3) is 0.125. The van der Waals surface area contributed by atoms with E-state index in [0.29, 0.717) is 16.6 Å². The van der Waals surface area contributed by atoms with Gasteiger partial charge in [0, 0.05) is 27.7 Å². The van der Waals surface area contributed by atoms with Crippen LogP contribution in [0.1, 0.15) is 40.9 Å². The van der Waals surface area contributed by atoms with Gasteiger partial charge in [0.25, 0.3) is 12.3 Å². The largest absolute Gasteiger partial charge is 0.355 e. The van der Waals surface area contributed by atoms with Crippen LogP contribution in [0, 0.1) is 11.6 Å². The highest BCUT2D eigenvalue weighted by Crippen LogP contribution is 2.33. The predicted molar refractivity (Wildman–Crippen MR) is 111 cm³/mol. The lowest BCUT2D eigenvalue weighted by molar-refractivity contribution is 0.0935. The van der Waals surface area contributed by atoms with Crippen molar-refractivity contribution in [1.82, 2.24) is 10.3 Å². The van der Waals surface area contributed by atoms with Crippen LogP contribution in [0.25, 0.3) is 22.2 Å². The van der Waals surface area contributed by atoms with E-state index in [1.54, 1.807) is 37.3 Å². The van der Waals surface area contributed by atoms with Crippen LogP contribution >= 0.6 is 0 Å². The van der Waals surface area contributed by atoms with Gasteiger partial charge in [0.2, 0.25) is 0 Å². The normalized spacial score (nSPS) is 12.3. The molecule has 1 amide bonds. The number of H-pyrrole nitrogens is 1. The Hall–Kier alpha value is -3.61. The molecule has 4 aromatic rings. The first-order valence-corrected chi connectivity index (χ1v) is 9.59. The molecule has 1 unspecified atom stereocenters. The summed E-state index contributed by atoms with van der Waals surface area (Å²) in [5.41, 5.74) is 1.56. The maximum atomic E-state index is 13.8. The van der Waals surface area contributed by atoms with Crippen molar-refractivity contribution in [2.75, 3.05) is 0 Å². The monoisotopic (exact) mass is 426 g/mol. The summed E-state index contributed by atoms with van der Waals surface area (Å²) in [4.78, 5) is 15.4. The minimum Gasteiger partial charge on any atom is -0.355 e. The smallest absolute Gasteiger partial charge is 0.264 e. The quantitative estimate of drug-likeness (QED) is 0.350. The number of alkyl halides is 2. The second-order valence-electron chi connectivity index (χ2n) is 7.24. The number of carbonyl (C=O) groups is 1. The number of amides is 1. The average Bonchev–Trinajstić information content (AvgIpc) is 3.17. The van der Waals surface area contributed by atoms with Crippen LogP contribution in [0.2, 0.25) is 0 Å². The number of hydrogen-bond donors (Lipinski definition) is 2. The van der Waals surface area contributed by atoms with Gasteiger partial charge < -0.3 is 10.3 Å². The third-order valence-corrected chi connectivity index (χ3v) is 5.15. The van der Waals surface area contributed by atoms with Crippen molar-refractivity contribution >= 4 is 16.8 Å². The van der Waals surface area contributed by atoms with E-state index in [1.165, 1.54) is 18.2 Å². The van der Waals surface area contributed by atoms with Gasteiger partial charge in [-0.3, -0.25) is 4.79 Å². The first-order valence-electron chi connectivity index (χ1n) is 9.59. The Labute approximate surface area is 175 Å². The molecule has 0 aliphatic rings. The molecule has 0 aliphatic heterocycles. The molecule has 7 heteroatoms. The SMILES string of the molecule is CC(NC(=O)c1ccccc1F)c1ccc2[nH]c(-c3cc(F)ccc3C(F)F)cc2c1. The van der Waals surface area contributed by atoms with Crippen LogP contribution < -0.4 is 5.32 Å². The summed E-state index contributed by atoms with van der Waals surface area (Å²) in [6, 6.07) is 15.4. The highest BCUT2D eigenvalue weighted by Gasteiger charge is 2.18. The standard InChI is InChI=1S/C24H18F4N2O/c1-13(29-24(31)18-4-2-3-5-20(18)26)14-6-9-21-15(10-14)11-22(30-21)19-12-16(25)7-8-17(19)23(27)28/h2-13,23,30H,1H3,(H,29,31). The van der Waals surface area contributed by atoms with Crippen LogP contribution in [0.4, 0.5) is 17.6 Å². The number of aromatic nitrogens is 1. The van der Waals surface area contributed by atoms with Gasteiger partial charge in [-0.25, -0.2) is 17.6 Å². The average molecular weight is 426 g/mol. The summed E-state index contributed by atoms with van der Waals surface area (Å²) in [7, 11) is 0. The lowest BCUT2D eigenvalue weighted by Crippen LogP contribution is -2.27. The molecule has 3 aromatic carbocycles. The van der Waals surface area contributed by atoms with E-state index in [9.17, 15) is 22.4 Å². The Morgan fingerprint density at radius 2 is 1.74 bits per heavy atom. The summed E-state index contributed by atoms with van der Waals surface area (Å²) < 4.78 is 54.2. The van der Waals surface area contributed by atoms with Crippen LogP contribution in [-0.2, 0) is 0 Å².